The molecule has 2 heteroatoms. The smallest absolute Gasteiger partial charge is 0.184 e. The van der Waals surface area contributed by atoms with Crippen LogP contribution in [0.1, 0.15) is 8.30 Å². The molecule has 0 spiro atoms. The third-order valence-corrected chi connectivity index (χ3v) is 1.96. The van der Waals surface area contributed by atoms with E-state index in [0.29, 0.717) is 5.56 Å². The molecular weight excluding hydrogens is 164 g/mol. The summed E-state index contributed by atoms with van der Waals surface area (Å²) in [5, 5.41) is 0. The van der Waals surface area contributed by atoms with E-state index in [1.165, 1.54) is 0 Å². The predicted octanol–water partition coefficient (Wildman–Crippen LogP) is 3.04. The van der Waals surface area contributed by atoms with E-state index in [0.717, 1.165) is 0 Å². The largest absolute Gasteiger partial charge is 0.413 e. The molecule has 0 fully saturated rings. The first kappa shape index (κ1) is 6.86. The zero-order valence-corrected chi connectivity index (χ0v) is 8.79. The Labute approximate surface area is 78.3 Å². The minimum atomic E-state index is -1.85. The van der Waals surface area contributed by atoms with Gasteiger partial charge in [-0.05, 0) is 25.2 Å². The second kappa shape index (κ2) is 3.87. The van der Waals surface area contributed by atoms with Crippen LogP contribution < -0.4 is 0 Å². The normalized spacial score (nSPS) is 15.2. The van der Waals surface area contributed by atoms with E-state index < -0.39 is 14.9 Å². The number of benzene rings is 1. The Kier molecular flexibility index (Phi) is 2.22. The van der Waals surface area contributed by atoms with E-state index in [-0.39, 0.29) is 0 Å². The van der Waals surface area contributed by atoms with E-state index >= 15 is 0 Å². The summed E-state index contributed by atoms with van der Waals surface area (Å²) < 4.78 is 21.1. The average Bonchev–Trinajstić information content (AvgIpc) is 2.01. The minimum absolute atomic E-state index is 0.586. The van der Waals surface area contributed by atoms with Gasteiger partial charge in [0.05, 0.1) is 9.30 Å². The number of rotatable bonds is 3. The van der Waals surface area contributed by atoms with Crippen LogP contribution in [0, 0.1) is 0 Å². The Morgan fingerprint density at radius 3 is 2.33 bits per heavy atom. The van der Waals surface area contributed by atoms with Gasteiger partial charge in [-0.2, -0.15) is 0 Å². The summed E-state index contributed by atoms with van der Waals surface area (Å²) >= 11 is 0. The van der Waals surface area contributed by atoms with Gasteiger partial charge < -0.3 is 4.43 Å². The maximum absolute atomic E-state index is 7.80. The third kappa shape index (κ3) is 3.69. The molecule has 12 heavy (non-hydrogen) atoms. The lowest BCUT2D eigenvalue weighted by atomic mass is 10.2. The fourth-order valence-corrected chi connectivity index (χ4v) is 1.14. The van der Waals surface area contributed by atoms with Crippen molar-refractivity contribution in [3.63, 3.8) is 0 Å². The second-order valence-corrected chi connectivity index (χ2v) is 8.11. The van der Waals surface area contributed by atoms with Crippen LogP contribution in [0.4, 0.5) is 0 Å². The van der Waals surface area contributed by atoms with Gasteiger partial charge in [0, 0.05) is 0 Å². The minimum Gasteiger partial charge on any atom is -0.413 e. The summed E-state index contributed by atoms with van der Waals surface area (Å²) in [6.07, 6.45) is 0. The van der Waals surface area contributed by atoms with Crippen molar-refractivity contribution < 1.29 is 7.17 Å². The molecule has 0 N–H and O–H groups in total. The van der Waals surface area contributed by atoms with Crippen LogP contribution in [0.25, 0.3) is 0 Å². The van der Waals surface area contributed by atoms with Crippen molar-refractivity contribution in [2.75, 3.05) is 0 Å². The molecule has 1 rings (SSSR count). The van der Waals surface area contributed by atoms with Crippen LogP contribution in [0.2, 0.25) is 19.6 Å². The first-order valence-corrected chi connectivity index (χ1v) is 7.48. The summed E-state index contributed by atoms with van der Waals surface area (Å²) in [7, 11) is -1.85. The monoisotopic (exact) mass is 182 g/mol. The van der Waals surface area contributed by atoms with Gasteiger partial charge in [0.25, 0.3) is 0 Å². The summed E-state index contributed by atoms with van der Waals surface area (Å²) in [4.78, 5) is 0. The number of hydrogen-bond donors (Lipinski definition) is 0. The van der Waals surface area contributed by atoms with Gasteiger partial charge in [-0.25, -0.2) is 0 Å². The van der Waals surface area contributed by atoms with E-state index in [1.807, 2.05) is 37.8 Å². The molecule has 0 aliphatic heterocycles. The lowest BCUT2D eigenvalue weighted by molar-refractivity contribution is 0.299. The van der Waals surface area contributed by atoms with Crippen LogP contribution in [0.15, 0.2) is 30.3 Å². The molecule has 0 bridgehead atoms. The van der Waals surface area contributed by atoms with Gasteiger partial charge in [0.15, 0.2) is 8.32 Å². The van der Waals surface area contributed by atoms with Crippen molar-refractivity contribution in [1.29, 1.82) is 0 Å². The Hall–Kier alpha value is -0.603. The molecule has 66 valence electrons. The van der Waals surface area contributed by atoms with Gasteiger partial charge in [-0.1, -0.05) is 30.3 Å². The van der Waals surface area contributed by atoms with E-state index in [9.17, 15) is 0 Å². The molecular formula is C10H16OSi. The lowest BCUT2D eigenvalue weighted by Gasteiger charge is -2.16. The van der Waals surface area contributed by atoms with Crippen molar-refractivity contribution in [2.45, 2.75) is 26.2 Å². The van der Waals surface area contributed by atoms with Crippen LogP contribution in [0.5, 0.6) is 0 Å². The summed E-state index contributed by atoms with van der Waals surface area (Å²) in [6, 6.07) is 9.01. The Bertz CT molecular complexity index is 293. The van der Waals surface area contributed by atoms with Crippen molar-refractivity contribution >= 4 is 8.32 Å². The lowest BCUT2D eigenvalue weighted by Crippen LogP contribution is -2.24. The fraction of sp³-hybridized carbons (Fsp3) is 0.400. The first-order valence-electron chi connectivity index (χ1n) is 5.07. The Balaban J connectivity index is 2.86. The SMILES string of the molecule is [2H]C([2H])(O[Si](C)(C)C)c1ccccc1. The first-order chi connectivity index (χ1) is 6.31. The van der Waals surface area contributed by atoms with Crippen molar-refractivity contribution in [3.8, 4) is 0 Å². The summed E-state index contributed by atoms with van der Waals surface area (Å²) in [5.41, 5.74) is 0.586. The van der Waals surface area contributed by atoms with Gasteiger partial charge in [-0.15, -0.1) is 0 Å². The molecule has 0 radical (unpaired) electrons. The van der Waals surface area contributed by atoms with Gasteiger partial charge in [-0.3, -0.25) is 0 Å². The van der Waals surface area contributed by atoms with Crippen molar-refractivity contribution in [3.05, 3.63) is 35.9 Å². The van der Waals surface area contributed by atoms with Crippen LogP contribution >= 0.6 is 0 Å². The molecule has 1 aromatic rings. The van der Waals surface area contributed by atoms with E-state index in [2.05, 4.69) is 0 Å². The zero-order chi connectivity index (χ0) is 10.8. The quantitative estimate of drug-likeness (QED) is 0.653. The topological polar surface area (TPSA) is 9.23 Å². The molecule has 0 aliphatic carbocycles. The van der Waals surface area contributed by atoms with Crippen molar-refractivity contribution in [2.24, 2.45) is 0 Å². The molecule has 1 nitrogen and oxygen atoms in total. The van der Waals surface area contributed by atoms with Gasteiger partial charge in [0.2, 0.25) is 0 Å². The van der Waals surface area contributed by atoms with Crippen LogP contribution in [-0.4, -0.2) is 8.32 Å². The highest BCUT2D eigenvalue weighted by Crippen LogP contribution is 2.08. The van der Waals surface area contributed by atoms with E-state index in [4.69, 9.17) is 7.17 Å². The molecule has 0 heterocycles. The maximum atomic E-state index is 7.80. The summed E-state index contributed by atoms with van der Waals surface area (Å²) in [6.45, 7) is 4.28. The highest BCUT2D eigenvalue weighted by molar-refractivity contribution is 6.69. The molecule has 0 atom stereocenters. The fourth-order valence-electron chi connectivity index (χ4n) is 0.718. The van der Waals surface area contributed by atoms with E-state index in [1.54, 1.807) is 12.1 Å². The van der Waals surface area contributed by atoms with Crippen LogP contribution in [-0.2, 0) is 11.0 Å². The third-order valence-electron chi connectivity index (χ3n) is 1.25. The Morgan fingerprint density at radius 2 is 1.83 bits per heavy atom. The number of hydrogen-bond acceptors (Lipinski definition) is 1. The highest BCUT2D eigenvalue weighted by atomic mass is 28.4. The molecule has 0 aliphatic rings. The van der Waals surface area contributed by atoms with Gasteiger partial charge >= 0.3 is 0 Å². The van der Waals surface area contributed by atoms with Gasteiger partial charge in [0.1, 0.15) is 0 Å². The molecule has 1 aromatic carbocycles. The maximum Gasteiger partial charge on any atom is 0.184 e. The molecule has 0 aromatic heterocycles. The second-order valence-electron chi connectivity index (χ2n) is 3.68. The van der Waals surface area contributed by atoms with Crippen LogP contribution in [0.3, 0.4) is 0 Å². The standard InChI is InChI=1S/C10H16OSi/c1-12(2,3)11-9-10-7-5-4-6-8-10/h4-8H,9H2,1-3H3/i9D2. The van der Waals surface area contributed by atoms with Crippen molar-refractivity contribution in [1.82, 2.24) is 0 Å². The average molecular weight is 182 g/mol. The molecule has 0 amide bonds. The highest BCUT2D eigenvalue weighted by Gasteiger charge is 2.13. The molecule has 0 unspecified atom stereocenters. The molecule has 0 saturated heterocycles. The Morgan fingerprint density at radius 1 is 1.25 bits per heavy atom. The predicted molar refractivity (Wildman–Crippen MR) is 54.6 cm³/mol. The summed E-state index contributed by atoms with van der Waals surface area (Å²) in [5.74, 6) is 0. The zero-order valence-electron chi connectivity index (χ0n) is 9.79. The molecule has 0 saturated carbocycles.